The number of piperidine rings is 1. The van der Waals surface area contributed by atoms with Crippen LogP contribution in [0.15, 0.2) is 0 Å². The van der Waals surface area contributed by atoms with Gasteiger partial charge in [0.1, 0.15) is 0 Å². The molecule has 1 saturated heterocycles. The van der Waals surface area contributed by atoms with Gasteiger partial charge in [-0.05, 0) is 39.5 Å². The van der Waals surface area contributed by atoms with Crippen LogP contribution in [0.5, 0.6) is 0 Å². The molecular formula is C15H29NO2. The quantitative estimate of drug-likeness (QED) is 0.838. The van der Waals surface area contributed by atoms with E-state index in [-0.39, 0.29) is 0 Å². The summed E-state index contributed by atoms with van der Waals surface area (Å²) in [5.74, 6) is 0. The normalized spacial score (nSPS) is 25.5. The molecule has 0 radical (unpaired) electrons. The molecule has 3 heteroatoms. The third-order valence-corrected chi connectivity index (χ3v) is 4.08. The molecule has 0 spiro atoms. The summed E-state index contributed by atoms with van der Waals surface area (Å²) >= 11 is 0. The Morgan fingerprint density at radius 3 is 2.11 bits per heavy atom. The van der Waals surface area contributed by atoms with E-state index in [1.165, 1.54) is 32.1 Å². The lowest BCUT2D eigenvalue weighted by Gasteiger charge is -2.37. The Bertz CT molecular complexity index is 235. The number of hydrogen-bond acceptors (Lipinski definition) is 3. The Hall–Kier alpha value is -0.120. The Balaban J connectivity index is 1.66. The van der Waals surface area contributed by atoms with Gasteiger partial charge in [-0.1, -0.05) is 19.3 Å². The van der Waals surface area contributed by atoms with Gasteiger partial charge in [0.2, 0.25) is 0 Å². The number of nitrogens with zero attached hydrogens (tertiary/aromatic N) is 1. The lowest BCUT2D eigenvalue weighted by molar-refractivity contribution is -0.0638. The molecule has 0 amide bonds. The summed E-state index contributed by atoms with van der Waals surface area (Å²) in [6.45, 7) is 6.70. The van der Waals surface area contributed by atoms with E-state index in [2.05, 4.69) is 4.90 Å². The predicted octanol–water partition coefficient (Wildman–Crippen LogP) is 2.57. The molecule has 1 aliphatic heterocycles. The first kappa shape index (κ1) is 14.3. The van der Waals surface area contributed by atoms with Crippen molar-refractivity contribution < 1.29 is 9.84 Å². The lowest BCUT2D eigenvalue weighted by atomic mass is 9.97. The molecule has 0 aromatic carbocycles. The van der Waals surface area contributed by atoms with E-state index in [0.29, 0.717) is 12.2 Å². The van der Waals surface area contributed by atoms with Crippen LogP contribution in [0.4, 0.5) is 0 Å². The summed E-state index contributed by atoms with van der Waals surface area (Å²) in [5, 5.41) is 9.82. The average molecular weight is 255 g/mol. The second-order valence-corrected chi connectivity index (χ2v) is 6.68. The van der Waals surface area contributed by atoms with Crippen LogP contribution >= 0.6 is 0 Å². The maximum Gasteiger partial charge on any atom is 0.0718 e. The summed E-state index contributed by atoms with van der Waals surface area (Å²) in [5.41, 5.74) is -0.572. The fourth-order valence-corrected chi connectivity index (χ4v) is 3.22. The van der Waals surface area contributed by atoms with Crippen LogP contribution in [0, 0.1) is 0 Å². The highest BCUT2D eigenvalue weighted by Gasteiger charge is 2.26. The smallest absolute Gasteiger partial charge is 0.0718 e. The molecule has 0 aromatic rings. The van der Waals surface area contributed by atoms with Gasteiger partial charge >= 0.3 is 0 Å². The summed E-state index contributed by atoms with van der Waals surface area (Å²) in [4.78, 5) is 2.36. The van der Waals surface area contributed by atoms with Crippen LogP contribution in [0.1, 0.15) is 58.8 Å². The maximum absolute atomic E-state index is 9.82. The fraction of sp³-hybridized carbons (Fsp3) is 1.00. The monoisotopic (exact) mass is 255 g/mol. The van der Waals surface area contributed by atoms with Crippen molar-refractivity contribution in [2.75, 3.05) is 19.6 Å². The SMILES string of the molecule is CC(C)(O)CN1CCC(OC2CCCCC2)CC1. The number of rotatable bonds is 4. The largest absolute Gasteiger partial charge is 0.389 e. The number of likely N-dealkylation sites (tertiary alicyclic amines) is 1. The molecule has 106 valence electrons. The third-order valence-electron chi connectivity index (χ3n) is 4.08. The zero-order valence-electron chi connectivity index (χ0n) is 12.0. The third kappa shape index (κ3) is 4.87. The molecule has 2 fully saturated rings. The van der Waals surface area contributed by atoms with E-state index >= 15 is 0 Å². The number of β-amino-alcohol motifs (C(OH)–C–C–N with tert-alkyl or cyclic N) is 1. The second-order valence-electron chi connectivity index (χ2n) is 6.68. The highest BCUT2D eigenvalue weighted by atomic mass is 16.5. The van der Waals surface area contributed by atoms with Gasteiger partial charge < -0.3 is 14.7 Å². The molecule has 1 N–H and O–H groups in total. The van der Waals surface area contributed by atoms with Gasteiger partial charge in [0, 0.05) is 19.6 Å². The van der Waals surface area contributed by atoms with Crippen molar-refractivity contribution in [1.82, 2.24) is 4.90 Å². The number of hydrogen-bond donors (Lipinski definition) is 1. The van der Waals surface area contributed by atoms with Gasteiger partial charge in [-0.3, -0.25) is 0 Å². The minimum Gasteiger partial charge on any atom is -0.389 e. The van der Waals surface area contributed by atoms with E-state index in [0.717, 1.165) is 32.5 Å². The van der Waals surface area contributed by atoms with Crippen molar-refractivity contribution in [3.8, 4) is 0 Å². The molecule has 2 aliphatic rings. The number of aliphatic hydroxyl groups is 1. The summed E-state index contributed by atoms with van der Waals surface area (Å²) in [7, 11) is 0. The molecule has 0 atom stereocenters. The predicted molar refractivity (Wildman–Crippen MR) is 73.7 cm³/mol. The van der Waals surface area contributed by atoms with Gasteiger partial charge in [0.05, 0.1) is 17.8 Å². The molecule has 1 aliphatic carbocycles. The van der Waals surface area contributed by atoms with Gasteiger partial charge in [0.25, 0.3) is 0 Å². The van der Waals surface area contributed by atoms with Crippen molar-refractivity contribution in [2.24, 2.45) is 0 Å². The van der Waals surface area contributed by atoms with Crippen LogP contribution in [-0.4, -0.2) is 47.4 Å². The van der Waals surface area contributed by atoms with Crippen molar-refractivity contribution >= 4 is 0 Å². The first-order valence-electron chi connectivity index (χ1n) is 7.63. The highest BCUT2D eigenvalue weighted by Crippen LogP contribution is 2.25. The van der Waals surface area contributed by atoms with Crippen molar-refractivity contribution in [1.29, 1.82) is 0 Å². The summed E-state index contributed by atoms with van der Waals surface area (Å²) < 4.78 is 6.22. The minimum atomic E-state index is -0.572. The Kier molecular flexibility index (Phi) is 5.05. The average Bonchev–Trinajstić information content (AvgIpc) is 2.31. The van der Waals surface area contributed by atoms with Crippen molar-refractivity contribution in [3.05, 3.63) is 0 Å². The first-order chi connectivity index (χ1) is 8.53. The molecule has 2 rings (SSSR count). The van der Waals surface area contributed by atoms with E-state index in [9.17, 15) is 5.11 Å². The molecule has 0 bridgehead atoms. The molecule has 1 heterocycles. The van der Waals surface area contributed by atoms with Gasteiger partial charge in [-0.2, -0.15) is 0 Å². The van der Waals surface area contributed by atoms with E-state index < -0.39 is 5.60 Å². The molecule has 0 unspecified atom stereocenters. The van der Waals surface area contributed by atoms with Crippen molar-refractivity contribution in [2.45, 2.75) is 76.6 Å². The molecular weight excluding hydrogens is 226 g/mol. The second kappa shape index (κ2) is 6.36. The van der Waals surface area contributed by atoms with Crippen LogP contribution in [0.25, 0.3) is 0 Å². The topological polar surface area (TPSA) is 32.7 Å². The van der Waals surface area contributed by atoms with Gasteiger partial charge in [-0.25, -0.2) is 0 Å². The molecule has 3 nitrogen and oxygen atoms in total. The van der Waals surface area contributed by atoms with Crippen LogP contribution in [0.2, 0.25) is 0 Å². The molecule has 1 saturated carbocycles. The fourth-order valence-electron chi connectivity index (χ4n) is 3.22. The Morgan fingerprint density at radius 1 is 1.00 bits per heavy atom. The first-order valence-corrected chi connectivity index (χ1v) is 7.63. The summed E-state index contributed by atoms with van der Waals surface area (Å²) in [6.07, 6.45) is 9.89. The van der Waals surface area contributed by atoms with Crippen LogP contribution in [-0.2, 0) is 4.74 Å². The van der Waals surface area contributed by atoms with E-state index in [4.69, 9.17) is 4.74 Å². The van der Waals surface area contributed by atoms with Crippen LogP contribution < -0.4 is 0 Å². The van der Waals surface area contributed by atoms with Crippen molar-refractivity contribution in [3.63, 3.8) is 0 Å². The molecule has 18 heavy (non-hydrogen) atoms. The zero-order valence-corrected chi connectivity index (χ0v) is 12.0. The highest BCUT2D eigenvalue weighted by molar-refractivity contribution is 4.79. The maximum atomic E-state index is 9.82. The van der Waals surface area contributed by atoms with Gasteiger partial charge in [0.15, 0.2) is 0 Å². The van der Waals surface area contributed by atoms with Crippen LogP contribution in [0.3, 0.4) is 0 Å². The lowest BCUT2D eigenvalue weighted by Crippen LogP contribution is -2.45. The van der Waals surface area contributed by atoms with E-state index in [1.54, 1.807) is 0 Å². The zero-order chi connectivity index (χ0) is 13.0. The van der Waals surface area contributed by atoms with E-state index in [1.807, 2.05) is 13.8 Å². The minimum absolute atomic E-state index is 0.464. The Labute approximate surface area is 112 Å². The number of ether oxygens (including phenoxy) is 1. The standard InChI is InChI=1S/C15H29NO2/c1-15(2,17)12-16-10-8-14(9-11-16)18-13-6-4-3-5-7-13/h13-14,17H,3-12H2,1-2H3. The van der Waals surface area contributed by atoms with Gasteiger partial charge in [-0.15, -0.1) is 0 Å². The summed E-state index contributed by atoms with van der Waals surface area (Å²) in [6, 6.07) is 0. The Morgan fingerprint density at radius 2 is 1.56 bits per heavy atom. The molecule has 0 aromatic heterocycles.